The minimum absolute atomic E-state index is 0.189. The largest absolute Gasteiger partial charge is 0.497 e. The number of carbonyl (C=O) groups is 1. The van der Waals surface area contributed by atoms with Crippen molar-refractivity contribution in [1.82, 2.24) is 0 Å². The van der Waals surface area contributed by atoms with Gasteiger partial charge in [-0.05, 0) is 36.4 Å². The monoisotopic (exact) mass is 389 g/mol. The van der Waals surface area contributed by atoms with E-state index in [2.05, 4.69) is 5.32 Å². The third-order valence-electron chi connectivity index (χ3n) is 3.64. The number of anilines is 2. The maximum Gasteiger partial charge on any atom is 0.245 e. The predicted molar refractivity (Wildman–Crippen MR) is 102 cm³/mol. The van der Waals surface area contributed by atoms with Crippen LogP contribution in [0.4, 0.5) is 11.4 Å². The first-order valence-electron chi connectivity index (χ1n) is 7.78. The van der Waals surface area contributed by atoms with Crippen molar-refractivity contribution in [3.8, 4) is 17.6 Å². The van der Waals surface area contributed by atoms with E-state index in [0.717, 1.165) is 10.6 Å². The second kappa shape index (κ2) is 8.42. The number of nitrogens with zero attached hydrogens (tertiary/aromatic N) is 2. The van der Waals surface area contributed by atoms with Gasteiger partial charge < -0.3 is 14.8 Å². The molecule has 0 saturated carbocycles. The van der Waals surface area contributed by atoms with Gasteiger partial charge in [-0.25, -0.2) is 8.42 Å². The average Bonchev–Trinajstić information content (AvgIpc) is 2.65. The molecule has 0 fully saturated rings. The maximum absolute atomic E-state index is 12.4. The summed E-state index contributed by atoms with van der Waals surface area (Å²) in [6, 6.07) is 12.9. The Morgan fingerprint density at radius 3 is 2.33 bits per heavy atom. The van der Waals surface area contributed by atoms with Gasteiger partial charge in [-0.1, -0.05) is 0 Å². The first-order valence-corrected chi connectivity index (χ1v) is 9.63. The number of nitrogens with one attached hydrogen (secondary N) is 1. The van der Waals surface area contributed by atoms with Crippen LogP contribution in [-0.4, -0.2) is 41.3 Å². The van der Waals surface area contributed by atoms with E-state index in [1.165, 1.54) is 20.3 Å². The lowest BCUT2D eigenvalue weighted by atomic mass is 10.2. The highest BCUT2D eigenvalue weighted by atomic mass is 32.2. The van der Waals surface area contributed by atoms with Gasteiger partial charge in [-0.3, -0.25) is 9.10 Å². The van der Waals surface area contributed by atoms with Crippen molar-refractivity contribution in [1.29, 1.82) is 5.26 Å². The van der Waals surface area contributed by atoms with Crippen molar-refractivity contribution in [3.05, 3.63) is 48.0 Å². The van der Waals surface area contributed by atoms with Crippen LogP contribution in [0.2, 0.25) is 0 Å². The first kappa shape index (κ1) is 20.1. The Balaban J connectivity index is 2.30. The lowest BCUT2D eigenvalue weighted by molar-refractivity contribution is -0.114. The molecule has 0 saturated heterocycles. The highest BCUT2D eigenvalue weighted by Gasteiger charge is 2.24. The molecule has 0 atom stereocenters. The number of hydrogen-bond acceptors (Lipinski definition) is 6. The maximum atomic E-state index is 12.4. The number of methoxy groups -OCH3 is 2. The number of hydrogen-bond donors (Lipinski definition) is 1. The van der Waals surface area contributed by atoms with Crippen molar-refractivity contribution in [2.45, 2.75) is 0 Å². The van der Waals surface area contributed by atoms with Crippen molar-refractivity contribution in [2.75, 3.05) is 36.6 Å². The van der Waals surface area contributed by atoms with Gasteiger partial charge in [0.1, 0.15) is 18.0 Å². The Labute approximate surface area is 158 Å². The van der Waals surface area contributed by atoms with Crippen LogP contribution in [0.3, 0.4) is 0 Å². The fourth-order valence-electron chi connectivity index (χ4n) is 2.33. The van der Waals surface area contributed by atoms with Crippen LogP contribution in [-0.2, 0) is 14.8 Å². The lowest BCUT2D eigenvalue weighted by Gasteiger charge is -2.24. The third kappa shape index (κ3) is 5.12. The molecule has 0 spiro atoms. The van der Waals surface area contributed by atoms with Gasteiger partial charge >= 0.3 is 0 Å². The van der Waals surface area contributed by atoms with Crippen LogP contribution in [0, 0.1) is 11.3 Å². The fourth-order valence-corrected chi connectivity index (χ4v) is 3.18. The predicted octanol–water partition coefficient (Wildman–Crippen LogP) is 1.98. The van der Waals surface area contributed by atoms with E-state index >= 15 is 0 Å². The summed E-state index contributed by atoms with van der Waals surface area (Å²) in [5.41, 5.74) is 1.09. The van der Waals surface area contributed by atoms with E-state index in [-0.39, 0.29) is 11.4 Å². The molecule has 0 aliphatic heterocycles. The second-order valence-corrected chi connectivity index (χ2v) is 7.45. The minimum Gasteiger partial charge on any atom is -0.497 e. The molecule has 0 bridgehead atoms. The summed E-state index contributed by atoms with van der Waals surface area (Å²) in [5, 5.41) is 11.4. The second-order valence-electron chi connectivity index (χ2n) is 5.54. The molecule has 0 aliphatic carbocycles. The quantitative estimate of drug-likeness (QED) is 0.776. The van der Waals surface area contributed by atoms with Crippen molar-refractivity contribution in [2.24, 2.45) is 0 Å². The SMILES string of the molecule is COc1ccc(OC)c(N(CC(=O)Nc2ccc(C#N)cc2)S(C)(=O)=O)c1. The molecule has 8 nitrogen and oxygen atoms in total. The molecule has 0 heterocycles. The minimum atomic E-state index is -3.78. The number of rotatable bonds is 7. The van der Waals surface area contributed by atoms with Crippen molar-refractivity contribution in [3.63, 3.8) is 0 Å². The number of amides is 1. The highest BCUT2D eigenvalue weighted by Crippen LogP contribution is 2.33. The Bertz CT molecular complexity index is 965. The van der Waals surface area contributed by atoms with Gasteiger partial charge in [0.15, 0.2) is 0 Å². The molecule has 0 aromatic heterocycles. The van der Waals surface area contributed by atoms with Crippen LogP contribution in [0.25, 0.3) is 0 Å². The zero-order valence-corrected chi connectivity index (χ0v) is 15.9. The molecule has 0 aliphatic rings. The molecule has 142 valence electrons. The number of sulfonamides is 1. The smallest absolute Gasteiger partial charge is 0.245 e. The summed E-state index contributed by atoms with van der Waals surface area (Å²) in [6.07, 6.45) is 1.00. The molecule has 2 rings (SSSR count). The summed E-state index contributed by atoms with van der Waals surface area (Å²) in [5.74, 6) is 0.161. The Kier molecular flexibility index (Phi) is 6.26. The standard InChI is InChI=1S/C18H19N3O5S/c1-25-15-8-9-17(26-2)16(10-15)21(27(3,23)24)12-18(22)20-14-6-4-13(11-19)5-7-14/h4-10H,12H2,1-3H3,(H,20,22). The first-order chi connectivity index (χ1) is 12.8. The molecular weight excluding hydrogens is 370 g/mol. The van der Waals surface area contributed by atoms with Crippen LogP contribution >= 0.6 is 0 Å². The summed E-state index contributed by atoms with van der Waals surface area (Å²) < 4.78 is 35.9. The molecule has 0 unspecified atom stereocenters. The van der Waals surface area contributed by atoms with Gasteiger partial charge in [0.2, 0.25) is 15.9 Å². The number of benzene rings is 2. The normalized spacial score (nSPS) is 10.6. The van der Waals surface area contributed by atoms with Crippen LogP contribution in [0.5, 0.6) is 11.5 Å². The fraction of sp³-hybridized carbons (Fsp3) is 0.222. The average molecular weight is 389 g/mol. The highest BCUT2D eigenvalue weighted by molar-refractivity contribution is 7.92. The molecule has 27 heavy (non-hydrogen) atoms. The molecule has 2 aromatic rings. The number of nitriles is 1. The van der Waals surface area contributed by atoms with E-state index in [9.17, 15) is 13.2 Å². The summed E-state index contributed by atoms with van der Waals surface area (Å²) >= 11 is 0. The zero-order chi connectivity index (χ0) is 20.0. The molecule has 1 N–H and O–H groups in total. The molecule has 9 heteroatoms. The molecule has 2 aromatic carbocycles. The zero-order valence-electron chi connectivity index (χ0n) is 15.1. The van der Waals surface area contributed by atoms with Gasteiger partial charge in [0.05, 0.1) is 37.8 Å². The topological polar surface area (TPSA) is 109 Å². The van der Waals surface area contributed by atoms with Crippen LogP contribution in [0.1, 0.15) is 5.56 Å². The van der Waals surface area contributed by atoms with Gasteiger partial charge in [0, 0.05) is 11.8 Å². The van der Waals surface area contributed by atoms with E-state index in [4.69, 9.17) is 14.7 Å². The summed E-state index contributed by atoms with van der Waals surface area (Å²) in [4.78, 5) is 12.4. The Morgan fingerprint density at radius 2 is 1.81 bits per heavy atom. The Hall–Kier alpha value is -3.25. The van der Waals surface area contributed by atoms with E-state index in [1.54, 1.807) is 36.4 Å². The lowest BCUT2D eigenvalue weighted by Crippen LogP contribution is -2.37. The van der Waals surface area contributed by atoms with Gasteiger partial charge in [-0.15, -0.1) is 0 Å². The molecule has 1 amide bonds. The van der Waals surface area contributed by atoms with E-state index in [0.29, 0.717) is 17.0 Å². The van der Waals surface area contributed by atoms with Crippen LogP contribution < -0.4 is 19.1 Å². The van der Waals surface area contributed by atoms with Crippen molar-refractivity contribution < 1.29 is 22.7 Å². The number of ether oxygens (including phenoxy) is 2. The van der Waals surface area contributed by atoms with Crippen molar-refractivity contribution >= 4 is 27.3 Å². The Morgan fingerprint density at radius 1 is 1.15 bits per heavy atom. The molecular formula is C18H19N3O5S. The van der Waals surface area contributed by atoms with Gasteiger partial charge in [0.25, 0.3) is 0 Å². The van der Waals surface area contributed by atoms with E-state index < -0.39 is 22.5 Å². The number of carbonyl (C=O) groups excluding carboxylic acids is 1. The van der Waals surface area contributed by atoms with Gasteiger partial charge in [-0.2, -0.15) is 5.26 Å². The third-order valence-corrected chi connectivity index (χ3v) is 4.77. The van der Waals surface area contributed by atoms with Crippen LogP contribution in [0.15, 0.2) is 42.5 Å². The summed E-state index contributed by atoms with van der Waals surface area (Å²) in [7, 11) is -0.922. The molecule has 0 radical (unpaired) electrons. The summed E-state index contributed by atoms with van der Waals surface area (Å²) in [6.45, 7) is -0.456. The van der Waals surface area contributed by atoms with E-state index in [1.807, 2.05) is 6.07 Å².